The normalized spacial score (nSPS) is 17.2. The van der Waals surface area contributed by atoms with Gasteiger partial charge in [0.25, 0.3) is 11.8 Å². The molecule has 0 aromatic heterocycles. The minimum absolute atomic E-state index is 0.173. The van der Waals surface area contributed by atoms with Gasteiger partial charge < -0.3 is 4.90 Å². The summed E-state index contributed by atoms with van der Waals surface area (Å²) in [7, 11) is 0. The summed E-state index contributed by atoms with van der Waals surface area (Å²) >= 11 is 0. The van der Waals surface area contributed by atoms with E-state index >= 15 is 0 Å². The summed E-state index contributed by atoms with van der Waals surface area (Å²) < 4.78 is 37.9. The summed E-state index contributed by atoms with van der Waals surface area (Å²) in [5.41, 5.74) is 1.13. The van der Waals surface area contributed by atoms with E-state index in [1.165, 1.54) is 12.1 Å². The van der Waals surface area contributed by atoms with Gasteiger partial charge in [0, 0.05) is 6.04 Å². The first-order chi connectivity index (χ1) is 11.2. The van der Waals surface area contributed by atoms with Gasteiger partial charge in [-0.15, -0.1) is 0 Å². The number of hydrogen-bond donors (Lipinski definition) is 0. The Kier molecular flexibility index (Phi) is 3.85. The molecule has 128 valence electrons. The SMILES string of the molecule is Cc1ccc2c(c1)C(=O)N(CC(=O)N(CC(F)(F)F)C1CC1)C2=O. The van der Waals surface area contributed by atoms with Gasteiger partial charge in [-0.1, -0.05) is 11.6 Å². The molecule has 1 saturated carbocycles. The summed E-state index contributed by atoms with van der Waals surface area (Å²) in [6.07, 6.45) is -3.51. The number of fused-ring (bicyclic) bond motifs is 1. The number of rotatable bonds is 4. The van der Waals surface area contributed by atoms with Gasteiger partial charge in [-0.3, -0.25) is 19.3 Å². The minimum Gasteiger partial charge on any atom is -0.329 e. The van der Waals surface area contributed by atoms with E-state index in [2.05, 4.69) is 0 Å². The van der Waals surface area contributed by atoms with Crippen molar-refractivity contribution in [1.82, 2.24) is 9.80 Å². The molecule has 1 aromatic rings. The minimum atomic E-state index is -4.52. The highest BCUT2D eigenvalue weighted by Crippen LogP contribution is 2.31. The molecular formula is C16H15F3N2O3. The van der Waals surface area contributed by atoms with Crippen LogP contribution in [-0.2, 0) is 4.79 Å². The zero-order valence-electron chi connectivity index (χ0n) is 12.9. The van der Waals surface area contributed by atoms with Crippen molar-refractivity contribution in [2.24, 2.45) is 0 Å². The molecule has 1 aromatic carbocycles. The highest BCUT2D eigenvalue weighted by molar-refractivity contribution is 6.22. The molecule has 0 N–H and O–H groups in total. The van der Waals surface area contributed by atoms with Crippen LogP contribution in [0.25, 0.3) is 0 Å². The highest BCUT2D eigenvalue weighted by Gasteiger charge is 2.43. The average Bonchev–Trinajstić information content (AvgIpc) is 3.29. The van der Waals surface area contributed by atoms with E-state index in [1.807, 2.05) is 0 Å². The number of alkyl halides is 3. The number of imide groups is 1. The number of carbonyl (C=O) groups is 3. The van der Waals surface area contributed by atoms with Gasteiger partial charge in [0.05, 0.1) is 11.1 Å². The molecule has 8 heteroatoms. The monoisotopic (exact) mass is 340 g/mol. The molecule has 24 heavy (non-hydrogen) atoms. The molecule has 2 aliphatic rings. The summed E-state index contributed by atoms with van der Waals surface area (Å²) in [4.78, 5) is 38.2. The van der Waals surface area contributed by atoms with E-state index < -0.39 is 43.0 Å². The third-order valence-corrected chi connectivity index (χ3v) is 4.08. The third-order valence-electron chi connectivity index (χ3n) is 4.08. The Bertz CT molecular complexity index is 726. The van der Waals surface area contributed by atoms with Crippen LogP contribution in [0.2, 0.25) is 0 Å². The zero-order chi connectivity index (χ0) is 17.6. The number of benzene rings is 1. The number of amides is 3. The van der Waals surface area contributed by atoms with Crippen molar-refractivity contribution in [3.63, 3.8) is 0 Å². The predicted octanol–water partition coefficient (Wildman–Crippen LogP) is 2.14. The van der Waals surface area contributed by atoms with Gasteiger partial charge in [0.15, 0.2) is 0 Å². The predicted molar refractivity (Wildman–Crippen MR) is 77.3 cm³/mol. The molecule has 1 aliphatic carbocycles. The third kappa shape index (κ3) is 3.13. The molecule has 0 radical (unpaired) electrons. The molecule has 3 amide bonds. The van der Waals surface area contributed by atoms with Crippen molar-refractivity contribution in [3.05, 3.63) is 34.9 Å². The van der Waals surface area contributed by atoms with Crippen LogP contribution in [-0.4, -0.2) is 52.8 Å². The van der Waals surface area contributed by atoms with E-state index in [1.54, 1.807) is 13.0 Å². The average molecular weight is 340 g/mol. The Hall–Kier alpha value is -2.38. The van der Waals surface area contributed by atoms with Gasteiger partial charge in [-0.25, -0.2) is 0 Å². The van der Waals surface area contributed by atoms with E-state index in [9.17, 15) is 27.6 Å². The van der Waals surface area contributed by atoms with E-state index in [4.69, 9.17) is 0 Å². The lowest BCUT2D eigenvalue weighted by molar-refractivity contribution is -0.162. The maximum Gasteiger partial charge on any atom is 0.406 e. The van der Waals surface area contributed by atoms with Crippen LogP contribution < -0.4 is 0 Å². The Balaban J connectivity index is 1.77. The number of hydrogen-bond acceptors (Lipinski definition) is 3. The lowest BCUT2D eigenvalue weighted by Crippen LogP contribution is -2.47. The van der Waals surface area contributed by atoms with Gasteiger partial charge in [0.2, 0.25) is 5.91 Å². The van der Waals surface area contributed by atoms with Gasteiger partial charge in [-0.2, -0.15) is 13.2 Å². The van der Waals surface area contributed by atoms with Crippen LogP contribution in [0.3, 0.4) is 0 Å². The van der Waals surface area contributed by atoms with Gasteiger partial charge in [0.1, 0.15) is 13.1 Å². The molecule has 1 fully saturated rings. The summed E-state index contributed by atoms with van der Waals surface area (Å²) in [5.74, 6) is -2.15. The second kappa shape index (κ2) is 5.61. The molecule has 3 rings (SSSR count). The highest BCUT2D eigenvalue weighted by atomic mass is 19.4. The summed E-state index contributed by atoms with van der Waals surface area (Å²) in [6.45, 7) is -0.277. The molecular weight excluding hydrogens is 325 g/mol. The Morgan fingerprint density at radius 1 is 1.21 bits per heavy atom. The van der Waals surface area contributed by atoms with Gasteiger partial charge >= 0.3 is 6.18 Å². The number of halogens is 3. The fraction of sp³-hybridized carbons (Fsp3) is 0.438. The van der Waals surface area contributed by atoms with Crippen molar-refractivity contribution in [3.8, 4) is 0 Å². The maximum atomic E-state index is 12.6. The second-order valence-electron chi connectivity index (χ2n) is 6.11. The summed E-state index contributed by atoms with van der Waals surface area (Å²) in [6, 6.07) is 4.23. The molecule has 0 bridgehead atoms. The lowest BCUT2D eigenvalue weighted by atomic mass is 10.1. The standard InChI is InChI=1S/C16H15F3N2O3/c1-9-2-5-11-12(6-9)15(24)20(14(11)23)7-13(22)21(10-3-4-10)8-16(17,18)19/h2,5-6,10H,3-4,7-8H2,1H3. The van der Waals surface area contributed by atoms with Crippen molar-refractivity contribution in [1.29, 1.82) is 0 Å². The summed E-state index contributed by atoms with van der Waals surface area (Å²) in [5, 5.41) is 0. The fourth-order valence-corrected chi connectivity index (χ4v) is 2.77. The molecule has 0 spiro atoms. The Labute approximate surface area is 136 Å². The number of aryl methyl sites for hydroxylation is 1. The maximum absolute atomic E-state index is 12.6. The topological polar surface area (TPSA) is 57.7 Å². The molecule has 0 unspecified atom stereocenters. The molecule has 0 saturated heterocycles. The smallest absolute Gasteiger partial charge is 0.329 e. The number of nitrogens with zero attached hydrogens (tertiary/aromatic N) is 2. The van der Waals surface area contributed by atoms with E-state index in [-0.39, 0.29) is 11.1 Å². The van der Waals surface area contributed by atoms with Crippen molar-refractivity contribution < 1.29 is 27.6 Å². The Morgan fingerprint density at radius 2 is 1.83 bits per heavy atom. The lowest BCUT2D eigenvalue weighted by Gasteiger charge is -2.25. The van der Waals surface area contributed by atoms with Crippen LogP contribution in [0.4, 0.5) is 13.2 Å². The van der Waals surface area contributed by atoms with Crippen LogP contribution in [0.1, 0.15) is 39.1 Å². The van der Waals surface area contributed by atoms with Crippen LogP contribution >= 0.6 is 0 Å². The molecule has 1 aliphatic heterocycles. The van der Waals surface area contributed by atoms with Crippen molar-refractivity contribution >= 4 is 17.7 Å². The van der Waals surface area contributed by atoms with Crippen molar-refractivity contribution in [2.45, 2.75) is 32.0 Å². The second-order valence-corrected chi connectivity index (χ2v) is 6.11. The quantitative estimate of drug-likeness (QED) is 0.789. The molecule has 0 atom stereocenters. The van der Waals surface area contributed by atoms with Crippen LogP contribution in [0.5, 0.6) is 0 Å². The fourth-order valence-electron chi connectivity index (χ4n) is 2.77. The Morgan fingerprint density at radius 3 is 2.42 bits per heavy atom. The van der Waals surface area contributed by atoms with Crippen LogP contribution in [0.15, 0.2) is 18.2 Å². The first-order valence-corrected chi connectivity index (χ1v) is 7.50. The zero-order valence-corrected chi connectivity index (χ0v) is 12.9. The van der Waals surface area contributed by atoms with Gasteiger partial charge in [-0.05, 0) is 31.9 Å². The first-order valence-electron chi connectivity index (χ1n) is 7.50. The molecule has 1 heterocycles. The largest absolute Gasteiger partial charge is 0.406 e. The first kappa shape index (κ1) is 16.5. The molecule has 5 nitrogen and oxygen atoms in total. The number of carbonyl (C=O) groups excluding carboxylic acids is 3. The van der Waals surface area contributed by atoms with E-state index in [0.29, 0.717) is 12.8 Å². The van der Waals surface area contributed by atoms with Crippen molar-refractivity contribution in [2.75, 3.05) is 13.1 Å². The van der Waals surface area contributed by atoms with E-state index in [0.717, 1.165) is 15.4 Å². The van der Waals surface area contributed by atoms with Crippen LogP contribution in [0, 0.1) is 6.92 Å².